The van der Waals surface area contributed by atoms with E-state index in [-0.39, 0.29) is 11.1 Å². The quantitative estimate of drug-likeness (QED) is 0.398. The van der Waals surface area contributed by atoms with Gasteiger partial charge >= 0.3 is 5.97 Å². The number of nitrogens with zero attached hydrogens (tertiary/aromatic N) is 3. The van der Waals surface area contributed by atoms with Gasteiger partial charge in [-0.15, -0.1) is 0 Å². The number of benzene rings is 2. The summed E-state index contributed by atoms with van der Waals surface area (Å²) in [6.07, 6.45) is 3.25. The zero-order valence-electron chi connectivity index (χ0n) is 14.5. The largest absolute Gasteiger partial charge is 0.465 e. The molecule has 28 heavy (non-hydrogen) atoms. The number of halogens is 1. The van der Waals surface area contributed by atoms with E-state index in [4.69, 9.17) is 11.6 Å². The van der Waals surface area contributed by atoms with Gasteiger partial charge in [-0.1, -0.05) is 11.6 Å². The molecule has 3 aromatic rings. The van der Waals surface area contributed by atoms with Crippen LogP contribution in [-0.4, -0.2) is 33.7 Å². The van der Waals surface area contributed by atoms with Gasteiger partial charge in [-0.25, -0.2) is 9.48 Å². The van der Waals surface area contributed by atoms with Crippen LogP contribution in [0.1, 0.15) is 20.7 Å². The summed E-state index contributed by atoms with van der Waals surface area (Å²) >= 11 is 6.03. The van der Waals surface area contributed by atoms with Crippen molar-refractivity contribution in [1.82, 2.24) is 9.78 Å². The molecule has 0 saturated heterocycles. The van der Waals surface area contributed by atoms with Gasteiger partial charge in [0.25, 0.3) is 11.6 Å². The lowest BCUT2D eigenvalue weighted by atomic mass is 10.1. The van der Waals surface area contributed by atoms with Gasteiger partial charge in [0.15, 0.2) is 0 Å². The Labute approximate surface area is 163 Å². The van der Waals surface area contributed by atoms with Gasteiger partial charge in [0, 0.05) is 35.1 Å². The van der Waals surface area contributed by atoms with Crippen LogP contribution in [0.2, 0.25) is 5.02 Å². The number of amides is 1. The molecule has 0 atom stereocenters. The number of hydrogen-bond donors (Lipinski definition) is 1. The lowest BCUT2D eigenvalue weighted by Crippen LogP contribution is -2.15. The number of non-ortho nitro benzene ring substituents is 1. The number of carbonyl (C=O) groups is 2. The smallest absolute Gasteiger partial charge is 0.338 e. The molecule has 1 N–H and O–H groups in total. The number of nitro benzene ring substituents is 1. The average molecular weight is 401 g/mol. The van der Waals surface area contributed by atoms with Crippen molar-refractivity contribution in [3.8, 4) is 5.69 Å². The van der Waals surface area contributed by atoms with E-state index in [0.29, 0.717) is 16.4 Å². The van der Waals surface area contributed by atoms with Crippen LogP contribution in [0.5, 0.6) is 0 Å². The summed E-state index contributed by atoms with van der Waals surface area (Å²) in [6.45, 7) is 0. The maximum atomic E-state index is 12.7. The minimum absolute atomic E-state index is 0.0824. The molecular formula is C18H13ClN4O5. The Morgan fingerprint density at radius 2 is 1.96 bits per heavy atom. The number of aromatic nitrogens is 2. The molecule has 0 radical (unpaired) electrons. The normalized spacial score (nSPS) is 10.4. The first-order valence-corrected chi connectivity index (χ1v) is 8.25. The molecule has 2 aromatic carbocycles. The summed E-state index contributed by atoms with van der Waals surface area (Å²) in [5.74, 6) is -1.46. The summed E-state index contributed by atoms with van der Waals surface area (Å²) in [6, 6.07) is 9.86. The van der Waals surface area contributed by atoms with E-state index in [2.05, 4.69) is 15.2 Å². The summed E-state index contributed by atoms with van der Waals surface area (Å²) in [5.41, 5.74) is 0.279. The lowest BCUT2D eigenvalue weighted by Gasteiger charge is -2.12. The molecule has 0 aliphatic heterocycles. The number of esters is 1. The number of methoxy groups -OCH3 is 1. The highest BCUT2D eigenvalue weighted by molar-refractivity contribution is 6.31. The maximum Gasteiger partial charge on any atom is 0.338 e. The third kappa shape index (κ3) is 3.99. The fourth-order valence-electron chi connectivity index (χ4n) is 2.50. The first kappa shape index (κ1) is 19.1. The molecule has 10 heteroatoms. The summed E-state index contributed by atoms with van der Waals surface area (Å²) in [7, 11) is 1.14. The van der Waals surface area contributed by atoms with E-state index in [1.807, 2.05) is 0 Å². The van der Waals surface area contributed by atoms with Gasteiger partial charge in [0.2, 0.25) is 0 Å². The van der Waals surface area contributed by atoms with Crippen molar-refractivity contribution in [2.45, 2.75) is 0 Å². The van der Waals surface area contributed by atoms with Gasteiger partial charge in [0.1, 0.15) is 0 Å². The summed E-state index contributed by atoms with van der Waals surface area (Å²) in [5, 5.41) is 18.3. The monoisotopic (exact) mass is 400 g/mol. The molecule has 0 aliphatic carbocycles. The van der Waals surface area contributed by atoms with Gasteiger partial charge in [-0.05, 0) is 30.3 Å². The molecule has 142 valence electrons. The van der Waals surface area contributed by atoms with Crippen LogP contribution >= 0.6 is 11.6 Å². The van der Waals surface area contributed by atoms with Gasteiger partial charge < -0.3 is 10.1 Å². The van der Waals surface area contributed by atoms with Crippen LogP contribution in [0, 0.1) is 10.1 Å². The van der Waals surface area contributed by atoms with Crippen LogP contribution in [0.4, 0.5) is 11.4 Å². The molecule has 0 fully saturated rings. The Morgan fingerprint density at radius 3 is 2.61 bits per heavy atom. The van der Waals surface area contributed by atoms with Crippen LogP contribution < -0.4 is 5.32 Å². The van der Waals surface area contributed by atoms with Gasteiger partial charge in [-0.2, -0.15) is 5.10 Å². The highest BCUT2D eigenvalue weighted by atomic mass is 35.5. The van der Waals surface area contributed by atoms with Crippen LogP contribution in [-0.2, 0) is 4.74 Å². The van der Waals surface area contributed by atoms with E-state index < -0.39 is 22.5 Å². The Morgan fingerprint density at radius 1 is 1.21 bits per heavy atom. The first-order valence-electron chi connectivity index (χ1n) is 7.88. The van der Waals surface area contributed by atoms with E-state index in [1.54, 1.807) is 30.6 Å². The Balaban J connectivity index is 2.00. The third-order valence-electron chi connectivity index (χ3n) is 3.77. The summed E-state index contributed by atoms with van der Waals surface area (Å²) in [4.78, 5) is 34.9. The second kappa shape index (κ2) is 7.89. The van der Waals surface area contributed by atoms with Gasteiger partial charge in [-0.3, -0.25) is 14.9 Å². The number of nitrogens with one attached hydrogen (secondary N) is 1. The highest BCUT2D eigenvalue weighted by Crippen LogP contribution is 2.26. The molecule has 0 saturated carbocycles. The molecule has 9 nitrogen and oxygen atoms in total. The van der Waals surface area contributed by atoms with Crippen molar-refractivity contribution < 1.29 is 19.2 Å². The molecule has 0 spiro atoms. The molecule has 1 amide bonds. The second-order valence-corrected chi connectivity index (χ2v) is 6.02. The topological polar surface area (TPSA) is 116 Å². The third-order valence-corrected chi connectivity index (χ3v) is 4.01. The SMILES string of the molecule is COC(=O)c1cc(C(=O)Nc2cc(Cl)ccc2-n2cccn2)cc([N+](=O)[O-])c1. The number of nitro groups is 1. The van der Waals surface area contributed by atoms with Crippen molar-refractivity contribution in [2.24, 2.45) is 0 Å². The first-order chi connectivity index (χ1) is 13.4. The predicted octanol–water partition coefficient (Wildman–Crippen LogP) is 3.47. The molecule has 1 heterocycles. The van der Waals surface area contributed by atoms with Crippen LogP contribution in [0.25, 0.3) is 5.69 Å². The molecule has 0 aliphatic rings. The van der Waals surface area contributed by atoms with Crippen LogP contribution in [0.3, 0.4) is 0 Å². The highest BCUT2D eigenvalue weighted by Gasteiger charge is 2.19. The van der Waals surface area contributed by atoms with E-state index in [9.17, 15) is 19.7 Å². The lowest BCUT2D eigenvalue weighted by molar-refractivity contribution is -0.384. The predicted molar refractivity (Wildman–Crippen MR) is 101 cm³/mol. The zero-order valence-corrected chi connectivity index (χ0v) is 15.2. The fraction of sp³-hybridized carbons (Fsp3) is 0.0556. The van der Waals surface area contributed by atoms with Crippen molar-refractivity contribution in [3.05, 3.63) is 81.1 Å². The maximum absolute atomic E-state index is 12.7. The van der Waals surface area contributed by atoms with Crippen molar-refractivity contribution in [2.75, 3.05) is 12.4 Å². The second-order valence-electron chi connectivity index (χ2n) is 5.58. The van der Waals surface area contributed by atoms with E-state index in [0.717, 1.165) is 19.2 Å². The van der Waals surface area contributed by atoms with E-state index >= 15 is 0 Å². The minimum atomic E-state index is -0.794. The number of rotatable bonds is 5. The molecular weight excluding hydrogens is 388 g/mol. The van der Waals surface area contributed by atoms with Gasteiger partial charge in [0.05, 0.1) is 29.0 Å². The molecule has 0 unspecified atom stereocenters. The standard InChI is InChI=1S/C18H13ClN4O5/c1-28-18(25)12-7-11(8-14(9-12)23(26)27)17(24)21-15-10-13(19)3-4-16(15)22-6-2-5-20-22/h2-10H,1H3,(H,21,24). The molecule has 1 aromatic heterocycles. The number of carbonyl (C=O) groups excluding carboxylic acids is 2. The number of anilines is 1. The van der Waals surface area contributed by atoms with E-state index in [1.165, 1.54) is 16.8 Å². The average Bonchev–Trinajstić information content (AvgIpc) is 3.21. The molecule has 0 bridgehead atoms. The van der Waals surface area contributed by atoms with Crippen molar-refractivity contribution in [1.29, 1.82) is 0 Å². The van der Waals surface area contributed by atoms with Crippen LogP contribution in [0.15, 0.2) is 54.9 Å². The Bertz CT molecular complexity index is 1070. The Hall–Kier alpha value is -3.72. The number of hydrogen-bond acceptors (Lipinski definition) is 6. The molecule has 3 rings (SSSR count). The minimum Gasteiger partial charge on any atom is -0.465 e. The number of ether oxygens (including phenoxy) is 1. The van der Waals surface area contributed by atoms with Crippen molar-refractivity contribution >= 4 is 34.9 Å². The van der Waals surface area contributed by atoms with Crippen molar-refractivity contribution in [3.63, 3.8) is 0 Å². The Kier molecular flexibility index (Phi) is 5.37. The fourth-order valence-corrected chi connectivity index (χ4v) is 2.67. The summed E-state index contributed by atoms with van der Waals surface area (Å²) < 4.78 is 6.11. The zero-order chi connectivity index (χ0) is 20.3.